The molecule has 0 aliphatic heterocycles. The van der Waals surface area contributed by atoms with Crippen LogP contribution in [0.15, 0.2) is 29.2 Å². The van der Waals surface area contributed by atoms with E-state index >= 15 is 0 Å². The first kappa shape index (κ1) is 12.4. The third-order valence-electron chi connectivity index (χ3n) is 1.09. The Morgan fingerprint density at radius 1 is 1.33 bits per heavy atom. The molecule has 1 aromatic carbocycles. The number of hydrogen-bond donors (Lipinski definition) is 1. The maximum atomic E-state index is 10.5. The second-order valence-electron chi connectivity index (χ2n) is 1.93. The SMILES string of the molecule is O=S(=O)(O)c1cccc(Cl)c1.[Na]. The average Bonchev–Trinajstić information content (AvgIpc) is 1.86. The minimum atomic E-state index is -4.11. The summed E-state index contributed by atoms with van der Waals surface area (Å²) in [5, 5.41) is 0.278. The summed E-state index contributed by atoms with van der Waals surface area (Å²) in [7, 11) is -4.11. The summed E-state index contributed by atoms with van der Waals surface area (Å²) >= 11 is 5.48. The molecule has 0 bridgehead atoms. The van der Waals surface area contributed by atoms with Crippen molar-refractivity contribution in [3.05, 3.63) is 29.3 Å². The van der Waals surface area contributed by atoms with E-state index in [1.807, 2.05) is 0 Å². The number of halogens is 1. The molecular weight excluding hydrogens is 211 g/mol. The molecule has 61 valence electrons. The molecule has 0 aliphatic carbocycles. The zero-order valence-corrected chi connectivity index (χ0v) is 9.93. The number of hydrogen-bond acceptors (Lipinski definition) is 2. The Kier molecular flexibility index (Phi) is 4.76. The summed E-state index contributed by atoms with van der Waals surface area (Å²) < 4.78 is 29.5. The van der Waals surface area contributed by atoms with Gasteiger partial charge in [-0.1, -0.05) is 17.7 Å². The standard InChI is InChI=1S/C6H5ClO3S.Na/c7-5-2-1-3-6(4-5)11(8,9)10;/h1-4H,(H,8,9,10);. The third kappa shape index (κ3) is 3.43. The molecule has 6 heteroatoms. The molecule has 0 spiro atoms. The van der Waals surface area contributed by atoms with Crippen LogP contribution in [0.3, 0.4) is 0 Å². The zero-order chi connectivity index (χ0) is 8.48. The Hall–Kier alpha value is 0.420. The average molecular weight is 216 g/mol. The van der Waals surface area contributed by atoms with E-state index in [-0.39, 0.29) is 39.5 Å². The molecule has 1 radical (unpaired) electrons. The molecule has 0 aliphatic rings. The van der Waals surface area contributed by atoms with Gasteiger partial charge in [-0.2, -0.15) is 8.42 Å². The van der Waals surface area contributed by atoms with Gasteiger partial charge in [0.2, 0.25) is 0 Å². The maximum absolute atomic E-state index is 10.5. The fourth-order valence-electron chi connectivity index (χ4n) is 0.627. The van der Waals surface area contributed by atoms with Crippen molar-refractivity contribution in [1.29, 1.82) is 0 Å². The number of rotatable bonds is 1. The van der Waals surface area contributed by atoms with Crippen LogP contribution in [0.5, 0.6) is 0 Å². The van der Waals surface area contributed by atoms with Crippen LogP contribution in [0.2, 0.25) is 5.02 Å². The minimum Gasteiger partial charge on any atom is -0.282 e. The summed E-state index contributed by atoms with van der Waals surface area (Å²) in [4.78, 5) is -0.190. The summed E-state index contributed by atoms with van der Waals surface area (Å²) in [6.45, 7) is 0. The van der Waals surface area contributed by atoms with Crippen molar-refractivity contribution in [3.8, 4) is 0 Å². The molecule has 0 saturated carbocycles. The molecule has 0 heterocycles. The summed E-state index contributed by atoms with van der Waals surface area (Å²) in [6, 6.07) is 5.42. The van der Waals surface area contributed by atoms with E-state index in [4.69, 9.17) is 16.2 Å². The Morgan fingerprint density at radius 3 is 2.25 bits per heavy atom. The Morgan fingerprint density at radius 2 is 1.92 bits per heavy atom. The minimum absolute atomic E-state index is 0. The molecule has 1 N–H and O–H groups in total. The second kappa shape index (κ2) is 4.60. The molecule has 3 nitrogen and oxygen atoms in total. The molecule has 0 amide bonds. The van der Waals surface area contributed by atoms with Crippen LogP contribution in [0.4, 0.5) is 0 Å². The van der Waals surface area contributed by atoms with Crippen LogP contribution in [0, 0.1) is 0 Å². The Labute approximate surface area is 97.8 Å². The van der Waals surface area contributed by atoms with Gasteiger partial charge in [-0.3, -0.25) is 4.55 Å². The van der Waals surface area contributed by atoms with Gasteiger partial charge in [0, 0.05) is 34.6 Å². The van der Waals surface area contributed by atoms with E-state index in [2.05, 4.69) is 0 Å². The zero-order valence-electron chi connectivity index (χ0n) is 6.36. The molecular formula is C6H5ClNaO3S. The fraction of sp³-hybridized carbons (Fsp3) is 0. The van der Waals surface area contributed by atoms with Crippen LogP contribution in [0.25, 0.3) is 0 Å². The van der Waals surface area contributed by atoms with Gasteiger partial charge in [-0.05, 0) is 18.2 Å². The topological polar surface area (TPSA) is 54.4 Å². The molecule has 0 unspecified atom stereocenters. The largest absolute Gasteiger partial charge is 0.294 e. The number of benzene rings is 1. The van der Waals surface area contributed by atoms with Gasteiger partial charge in [-0.15, -0.1) is 0 Å². The maximum Gasteiger partial charge on any atom is 0.294 e. The van der Waals surface area contributed by atoms with Crippen molar-refractivity contribution in [2.75, 3.05) is 0 Å². The first-order chi connectivity index (χ1) is 5.00. The van der Waals surface area contributed by atoms with Crippen molar-refractivity contribution in [3.63, 3.8) is 0 Å². The third-order valence-corrected chi connectivity index (χ3v) is 2.18. The van der Waals surface area contributed by atoms with Crippen LogP contribution >= 0.6 is 11.6 Å². The van der Waals surface area contributed by atoms with Gasteiger partial charge >= 0.3 is 0 Å². The predicted molar refractivity (Wildman–Crippen MR) is 47.0 cm³/mol. The summed E-state index contributed by atoms with van der Waals surface area (Å²) in [6.07, 6.45) is 0. The Balaban J connectivity index is 0.00000121. The molecule has 1 rings (SSSR count). The van der Waals surface area contributed by atoms with Crippen molar-refractivity contribution in [2.24, 2.45) is 0 Å². The molecule has 0 saturated heterocycles. The fourth-order valence-corrected chi connectivity index (χ4v) is 1.41. The van der Waals surface area contributed by atoms with Crippen LogP contribution in [0.1, 0.15) is 0 Å². The quantitative estimate of drug-likeness (QED) is 0.566. The van der Waals surface area contributed by atoms with Gasteiger partial charge in [-0.25, -0.2) is 0 Å². The van der Waals surface area contributed by atoms with Gasteiger partial charge in [0.15, 0.2) is 0 Å². The van der Waals surface area contributed by atoms with Gasteiger partial charge in [0.1, 0.15) is 0 Å². The van der Waals surface area contributed by atoms with Gasteiger partial charge in [0.05, 0.1) is 4.90 Å². The van der Waals surface area contributed by atoms with Gasteiger partial charge in [0.25, 0.3) is 10.1 Å². The van der Waals surface area contributed by atoms with E-state index in [9.17, 15) is 8.42 Å². The molecule has 0 fully saturated rings. The smallest absolute Gasteiger partial charge is 0.282 e. The van der Waals surface area contributed by atoms with E-state index in [1.165, 1.54) is 24.3 Å². The van der Waals surface area contributed by atoms with Gasteiger partial charge < -0.3 is 0 Å². The normalized spacial score (nSPS) is 10.5. The van der Waals surface area contributed by atoms with E-state index < -0.39 is 10.1 Å². The molecule has 0 atom stereocenters. The summed E-state index contributed by atoms with van der Waals surface area (Å²) in [5.41, 5.74) is 0. The second-order valence-corrected chi connectivity index (χ2v) is 3.79. The first-order valence-electron chi connectivity index (χ1n) is 2.73. The van der Waals surface area contributed by atoms with Crippen molar-refractivity contribution in [1.82, 2.24) is 0 Å². The predicted octanol–water partition coefficient (Wildman–Crippen LogP) is 1.21. The van der Waals surface area contributed by atoms with Crippen LogP contribution in [-0.2, 0) is 10.1 Å². The monoisotopic (exact) mass is 215 g/mol. The molecule has 0 aromatic heterocycles. The van der Waals surface area contributed by atoms with Crippen LogP contribution < -0.4 is 0 Å². The molecule has 1 aromatic rings. The molecule has 12 heavy (non-hydrogen) atoms. The van der Waals surface area contributed by atoms with E-state index in [0.29, 0.717) is 0 Å². The van der Waals surface area contributed by atoms with Crippen molar-refractivity contribution < 1.29 is 13.0 Å². The van der Waals surface area contributed by atoms with E-state index in [1.54, 1.807) is 0 Å². The Bertz CT molecular complexity index is 363. The van der Waals surface area contributed by atoms with Crippen molar-refractivity contribution >= 4 is 51.3 Å². The van der Waals surface area contributed by atoms with Crippen molar-refractivity contribution in [2.45, 2.75) is 4.90 Å². The van der Waals surface area contributed by atoms with E-state index in [0.717, 1.165) is 0 Å². The first-order valence-corrected chi connectivity index (χ1v) is 4.55. The summed E-state index contributed by atoms with van der Waals surface area (Å²) in [5.74, 6) is 0. The van der Waals surface area contributed by atoms with Crippen LogP contribution in [-0.4, -0.2) is 42.5 Å².